The van der Waals surface area contributed by atoms with Crippen LogP contribution in [0.3, 0.4) is 0 Å². The molecule has 0 aliphatic carbocycles. The molecule has 5 heteroatoms. The van der Waals surface area contributed by atoms with E-state index in [9.17, 15) is 0 Å². The van der Waals surface area contributed by atoms with Gasteiger partial charge in [0.1, 0.15) is 24.0 Å². The maximum Gasteiger partial charge on any atom is 0.137 e. The van der Waals surface area contributed by atoms with Gasteiger partial charge in [-0.1, -0.05) is 144 Å². The van der Waals surface area contributed by atoms with E-state index in [-0.39, 0.29) is 21.7 Å². The predicted molar refractivity (Wildman–Crippen MR) is 267 cm³/mol. The van der Waals surface area contributed by atoms with Crippen molar-refractivity contribution in [3.05, 3.63) is 168 Å². The van der Waals surface area contributed by atoms with Crippen molar-refractivity contribution in [2.45, 2.75) is 105 Å². The number of aromatic nitrogens is 2. The number of hydrogen-bond acceptors (Lipinski definition) is 4. The maximum absolute atomic E-state index is 6.85. The Balaban J connectivity index is 1.13. The van der Waals surface area contributed by atoms with Crippen LogP contribution < -0.4 is 14.5 Å². The number of para-hydroxylation sites is 1. The molecule has 1 aliphatic heterocycles. The molecule has 2 aromatic heterocycles. The molecule has 0 atom stereocenters. The predicted octanol–water partition coefficient (Wildman–Crippen LogP) is 16.1. The van der Waals surface area contributed by atoms with Gasteiger partial charge in [0.15, 0.2) is 0 Å². The van der Waals surface area contributed by atoms with Crippen LogP contribution in [0.5, 0.6) is 11.5 Å². The molecule has 0 radical (unpaired) electrons. The van der Waals surface area contributed by atoms with E-state index in [4.69, 9.17) is 9.72 Å². The molecular weight excluding hydrogens is 769 g/mol. The van der Waals surface area contributed by atoms with Crippen molar-refractivity contribution < 1.29 is 4.74 Å². The number of pyridine rings is 1. The van der Waals surface area contributed by atoms with E-state index in [1.165, 1.54) is 55.8 Å². The molecule has 5 nitrogen and oxygen atoms in total. The summed E-state index contributed by atoms with van der Waals surface area (Å²) in [5, 5.41) is 2.33. The Morgan fingerprint density at radius 1 is 0.460 bits per heavy atom. The highest BCUT2D eigenvalue weighted by Gasteiger charge is 2.35. The Hall–Kier alpha value is -6.33. The van der Waals surface area contributed by atoms with E-state index >= 15 is 0 Å². The number of benzene rings is 6. The Labute approximate surface area is 375 Å². The number of fused-ring (bicyclic) bond motifs is 4. The molecule has 8 aromatic rings. The first kappa shape index (κ1) is 42.0. The second-order valence-corrected chi connectivity index (χ2v) is 21.6. The van der Waals surface area contributed by atoms with Crippen LogP contribution in [0.15, 0.2) is 146 Å². The Morgan fingerprint density at radius 2 is 1.14 bits per heavy atom. The average molecular weight is 831 g/mol. The lowest BCUT2D eigenvalue weighted by molar-refractivity contribution is 0.483. The molecule has 0 amide bonds. The van der Waals surface area contributed by atoms with Gasteiger partial charge in [0.05, 0.1) is 22.4 Å². The third-order valence-corrected chi connectivity index (χ3v) is 12.7. The second-order valence-electron chi connectivity index (χ2n) is 21.6. The number of rotatable bonds is 6. The van der Waals surface area contributed by atoms with Gasteiger partial charge in [0.2, 0.25) is 0 Å². The van der Waals surface area contributed by atoms with E-state index in [0.29, 0.717) is 6.67 Å². The Morgan fingerprint density at radius 3 is 1.83 bits per heavy atom. The van der Waals surface area contributed by atoms with Crippen LogP contribution in [0.25, 0.3) is 38.8 Å². The second kappa shape index (κ2) is 15.2. The molecule has 0 bridgehead atoms. The van der Waals surface area contributed by atoms with Gasteiger partial charge in [-0.05, 0) is 122 Å². The van der Waals surface area contributed by atoms with E-state index in [1.54, 1.807) is 0 Å². The van der Waals surface area contributed by atoms with E-state index < -0.39 is 0 Å². The number of hydrogen-bond donors (Lipinski definition) is 0. The summed E-state index contributed by atoms with van der Waals surface area (Å²) in [6, 6.07) is 50.8. The molecule has 3 heterocycles. The lowest BCUT2D eigenvalue weighted by atomic mass is 9.80. The van der Waals surface area contributed by atoms with Gasteiger partial charge in [-0.15, -0.1) is 0 Å². The molecule has 9 rings (SSSR count). The van der Waals surface area contributed by atoms with Gasteiger partial charge in [-0.2, -0.15) is 0 Å². The number of ether oxygens (including phenoxy) is 1. The van der Waals surface area contributed by atoms with Crippen LogP contribution in [-0.4, -0.2) is 16.2 Å². The molecule has 63 heavy (non-hydrogen) atoms. The Bertz CT molecular complexity index is 2970. The maximum atomic E-state index is 6.85. The molecule has 0 saturated carbocycles. The zero-order valence-electron chi connectivity index (χ0n) is 39.3. The smallest absolute Gasteiger partial charge is 0.137 e. The number of nitrogens with zero attached hydrogens (tertiary/aromatic N) is 4. The van der Waals surface area contributed by atoms with Crippen molar-refractivity contribution in [3.8, 4) is 28.4 Å². The van der Waals surface area contributed by atoms with Crippen LogP contribution in [0.1, 0.15) is 105 Å². The highest BCUT2D eigenvalue weighted by atomic mass is 16.5. The third-order valence-electron chi connectivity index (χ3n) is 12.7. The van der Waals surface area contributed by atoms with Crippen LogP contribution in [0, 0.1) is 0 Å². The molecule has 0 fully saturated rings. The fourth-order valence-electron chi connectivity index (χ4n) is 8.97. The van der Waals surface area contributed by atoms with Gasteiger partial charge in [-0.25, -0.2) is 4.98 Å². The van der Waals surface area contributed by atoms with Crippen molar-refractivity contribution in [1.82, 2.24) is 9.55 Å². The van der Waals surface area contributed by atoms with Gasteiger partial charge < -0.3 is 14.5 Å². The summed E-state index contributed by atoms with van der Waals surface area (Å²) in [4.78, 5) is 9.94. The molecule has 320 valence electrons. The summed E-state index contributed by atoms with van der Waals surface area (Å²) in [5.41, 5.74) is 14.5. The summed E-state index contributed by atoms with van der Waals surface area (Å²) in [6.07, 6.45) is 1.94. The monoisotopic (exact) mass is 830 g/mol. The average Bonchev–Trinajstić information content (AvgIpc) is 3.78. The molecule has 6 aromatic carbocycles. The van der Waals surface area contributed by atoms with Crippen molar-refractivity contribution in [2.24, 2.45) is 0 Å². The standard InChI is InChI=1S/C58H62N4O/c1-55(2,3)40-28-29-59-53(34-40)62-50-27-24-39(38-18-14-13-15-19-38)30-48(50)47-26-25-46(36-52(47)62)63-45-21-16-20-43(35-45)60-37-61(54-49(58(10,11)12)22-17-23-51(54)60)44-32-41(56(4,5)6)31-42(33-44)57(7,8)9/h13-36H,37H2,1-12H3. The summed E-state index contributed by atoms with van der Waals surface area (Å²) < 4.78 is 9.15. The van der Waals surface area contributed by atoms with Gasteiger partial charge in [0, 0.05) is 40.5 Å². The Kier molecular flexibility index (Phi) is 10.1. The van der Waals surface area contributed by atoms with Crippen LogP contribution in [0.2, 0.25) is 0 Å². The minimum absolute atomic E-state index is 0.00290. The minimum atomic E-state index is -0.0626. The molecule has 0 spiro atoms. The van der Waals surface area contributed by atoms with Gasteiger partial charge in [0.25, 0.3) is 0 Å². The fraction of sp³-hybridized carbons (Fsp3) is 0.293. The van der Waals surface area contributed by atoms with Gasteiger partial charge in [-0.3, -0.25) is 4.57 Å². The summed E-state index contributed by atoms with van der Waals surface area (Å²) in [6.45, 7) is 28.3. The molecule has 1 aliphatic rings. The first-order valence-electron chi connectivity index (χ1n) is 22.5. The zero-order chi connectivity index (χ0) is 44.6. The van der Waals surface area contributed by atoms with Gasteiger partial charge >= 0.3 is 0 Å². The topological polar surface area (TPSA) is 33.5 Å². The lowest BCUT2D eigenvalue weighted by Crippen LogP contribution is -2.26. The first-order chi connectivity index (χ1) is 29.7. The van der Waals surface area contributed by atoms with Crippen molar-refractivity contribution in [3.63, 3.8) is 0 Å². The highest BCUT2D eigenvalue weighted by Crippen LogP contribution is 2.51. The van der Waals surface area contributed by atoms with Crippen molar-refractivity contribution in [1.29, 1.82) is 0 Å². The third kappa shape index (κ3) is 7.99. The van der Waals surface area contributed by atoms with E-state index in [0.717, 1.165) is 39.4 Å². The minimum Gasteiger partial charge on any atom is -0.457 e. The van der Waals surface area contributed by atoms with Crippen LogP contribution in [0.4, 0.5) is 22.7 Å². The first-order valence-corrected chi connectivity index (χ1v) is 22.5. The fourth-order valence-corrected chi connectivity index (χ4v) is 8.97. The molecule has 0 N–H and O–H groups in total. The summed E-state index contributed by atoms with van der Waals surface area (Å²) in [7, 11) is 0. The summed E-state index contributed by atoms with van der Waals surface area (Å²) >= 11 is 0. The SMILES string of the molecule is CC(C)(C)c1cc(N2CN(c3cccc(Oc4ccc5c6cc(-c7ccccc7)ccc6n(-c6cc(C(C)(C)C)ccn6)c5c4)c3)c3cccc(C(C)(C)C)c32)cc(C(C)(C)C)c1. The largest absolute Gasteiger partial charge is 0.457 e. The van der Waals surface area contributed by atoms with Crippen LogP contribution in [-0.2, 0) is 21.7 Å². The van der Waals surface area contributed by atoms with Crippen molar-refractivity contribution in [2.75, 3.05) is 16.5 Å². The lowest BCUT2D eigenvalue weighted by Gasteiger charge is -2.31. The quantitative estimate of drug-likeness (QED) is 0.167. The summed E-state index contributed by atoms with van der Waals surface area (Å²) in [5.74, 6) is 2.44. The zero-order valence-corrected chi connectivity index (χ0v) is 39.3. The molecule has 0 unspecified atom stereocenters. The molecule has 0 saturated heterocycles. The van der Waals surface area contributed by atoms with Crippen LogP contribution >= 0.6 is 0 Å². The number of anilines is 4. The van der Waals surface area contributed by atoms with Crippen molar-refractivity contribution >= 4 is 44.6 Å². The normalized spacial score (nSPS) is 13.6. The van der Waals surface area contributed by atoms with E-state index in [1.807, 2.05) is 6.20 Å². The highest BCUT2D eigenvalue weighted by molar-refractivity contribution is 6.10. The van der Waals surface area contributed by atoms with E-state index in [2.05, 4.69) is 237 Å². The molecular formula is C58H62N4O.